The van der Waals surface area contributed by atoms with Crippen molar-refractivity contribution in [3.63, 3.8) is 0 Å². The maximum atomic E-state index is 14.9. The van der Waals surface area contributed by atoms with Crippen LogP contribution in [0.1, 0.15) is 48.8 Å². The van der Waals surface area contributed by atoms with Crippen LogP contribution < -0.4 is 36.1 Å². The molecule has 0 aliphatic carbocycles. The lowest BCUT2D eigenvalue weighted by Gasteiger charge is -2.36. The van der Waals surface area contributed by atoms with E-state index in [1.807, 2.05) is 23.6 Å². The molecule has 0 spiro atoms. The minimum atomic E-state index is -0.656. The lowest BCUT2D eigenvalue weighted by atomic mass is 10.2. The Kier molecular flexibility index (Phi) is 16.5. The van der Waals surface area contributed by atoms with E-state index in [0.717, 1.165) is 0 Å². The number of halogens is 2. The summed E-state index contributed by atoms with van der Waals surface area (Å²) in [6.45, 7) is 6.98. The number of hydrogen-bond donors (Lipinski definition) is 2. The van der Waals surface area contributed by atoms with Crippen LogP contribution in [0, 0.1) is 11.6 Å². The van der Waals surface area contributed by atoms with Crippen molar-refractivity contribution < 1.29 is 67.8 Å². The number of carbonyl (C=O) groups is 6. The van der Waals surface area contributed by atoms with E-state index in [1.165, 1.54) is 58.3 Å². The topological polar surface area (TPSA) is 229 Å². The van der Waals surface area contributed by atoms with Gasteiger partial charge in [0.1, 0.15) is 23.8 Å². The third kappa shape index (κ3) is 12.3. The Morgan fingerprint density at radius 1 is 0.614 bits per heavy atom. The Morgan fingerprint density at radius 3 is 1.37 bits per heavy atom. The predicted octanol–water partition coefficient (Wildman–Crippen LogP) is 5.15. The van der Waals surface area contributed by atoms with Crippen LogP contribution in [0.5, 0.6) is 5.75 Å². The summed E-state index contributed by atoms with van der Waals surface area (Å²) in [6.07, 6.45) is 0.0611. The molecule has 0 aromatic heterocycles. The van der Waals surface area contributed by atoms with Crippen molar-refractivity contribution in [1.29, 1.82) is 0 Å². The summed E-state index contributed by atoms with van der Waals surface area (Å²) >= 11 is 0. The van der Waals surface area contributed by atoms with E-state index in [0.29, 0.717) is 118 Å². The molecule has 374 valence electrons. The Balaban J connectivity index is 0.000000230. The maximum absolute atomic E-state index is 14.9. The van der Waals surface area contributed by atoms with Crippen molar-refractivity contribution in [1.82, 2.24) is 9.80 Å². The lowest BCUT2D eigenvalue weighted by Crippen LogP contribution is -2.50. The highest BCUT2D eigenvalue weighted by atomic mass is 19.1. The summed E-state index contributed by atoms with van der Waals surface area (Å²) in [5.41, 5.74) is 8.39. The van der Waals surface area contributed by atoms with Gasteiger partial charge < -0.3 is 49.2 Å². The molecule has 4 aliphatic heterocycles. The fourth-order valence-electron chi connectivity index (χ4n) is 8.05. The van der Waals surface area contributed by atoms with Crippen molar-refractivity contribution >= 4 is 64.4 Å². The molecule has 8 rings (SSSR count). The molecule has 70 heavy (non-hydrogen) atoms. The first-order valence-electron chi connectivity index (χ1n) is 22.7. The SMILES string of the molecule is CC[C@H]1CN(c2ccc(N3CCN(C(=O)COC(=O)c4ccc(N)cc4)CC3)c(F)c2)C(=O)O1.CC[C@H]1CN(c2ccc(N3CCN(C(=O)COC(=O)c4ccc(OON)cc4)CC3)c(F)c2)C(=O)O1.[HH]. The number of hydrogen-bond acceptors (Lipinski definition) is 16. The number of cyclic esters (lactones) is 2. The second-order valence-electron chi connectivity index (χ2n) is 16.5. The number of nitrogens with zero attached hydrogens (tertiary/aromatic N) is 6. The minimum absolute atomic E-state index is 0. The zero-order valence-electron chi connectivity index (χ0n) is 38.6. The van der Waals surface area contributed by atoms with Crippen molar-refractivity contribution in [2.24, 2.45) is 5.90 Å². The van der Waals surface area contributed by atoms with Gasteiger partial charge in [-0.3, -0.25) is 19.4 Å². The Morgan fingerprint density at radius 2 is 1.01 bits per heavy atom. The van der Waals surface area contributed by atoms with E-state index in [4.69, 9.17) is 30.6 Å². The van der Waals surface area contributed by atoms with E-state index in [1.54, 1.807) is 46.2 Å². The molecule has 0 unspecified atom stereocenters. The second-order valence-corrected chi connectivity index (χ2v) is 16.5. The molecule has 4 aromatic rings. The van der Waals surface area contributed by atoms with E-state index in [-0.39, 0.29) is 37.6 Å². The van der Waals surface area contributed by atoms with Crippen molar-refractivity contribution in [2.75, 3.05) is 104 Å². The molecule has 0 saturated carbocycles. The number of rotatable bonds is 14. The number of benzene rings is 4. The number of amides is 4. The number of esters is 2. The molecule has 4 N–H and O–H groups in total. The molecule has 4 heterocycles. The van der Waals surface area contributed by atoms with Gasteiger partial charge in [-0.2, -0.15) is 5.90 Å². The zero-order valence-corrected chi connectivity index (χ0v) is 38.6. The van der Waals surface area contributed by atoms with Gasteiger partial charge in [-0.1, -0.05) is 18.8 Å². The Bertz CT molecular complexity index is 2530. The van der Waals surface area contributed by atoms with Crippen LogP contribution in [0.2, 0.25) is 0 Å². The second kappa shape index (κ2) is 23.1. The van der Waals surface area contributed by atoms with Gasteiger partial charge in [0.15, 0.2) is 19.0 Å². The van der Waals surface area contributed by atoms with Gasteiger partial charge in [0.05, 0.1) is 47.0 Å². The average Bonchev–Trinajstić information content (AvgIpc) is 3.96. The van der Waals surface area contributed by atoms with E-state index < -0.39 is 42.4 Å². The average molecular weight is 975 g/mol. The number of piperazine rings is 2. The number of nitrogens with two attached hydrogens (primary N) is 2. The maximum Gasteiger partial charge on any atom is 0.414 e. The van der Waals surface area contributed by atoms with Crippen LogP contribution >= 0.6 is 0 Å². The molecular weight excluding hydrogens is 919 g/mol. The van der Waals surface area contributed by atoms with Crippen LogP contribution in [0.3, 0.4) is 0 Å². The molecule has 0 bridgehead atoms. The van der Waals surface area contributed by atoms with Crippen molar-refractivity contribution in [3.8, 4) is 5.75 Å². The first kappa shape index (κ1) is 50.2. The molecular formula is C48H56F2N8O12. The normalized spacial score (nSPS) is 17.9. The predicted molar refractivity (Wildman–Crippen MR) is 252 cm³/mol. The number of anilines is 5. The molecule has 2 atom stereocenters. The highest BCUT2D eigenvalue weighted by Crippen LogP contribution is 2.31. The summed E-state index contributed by atoms with van der Waals surface area (Å²) in [6, 6.07) is 21.4. The number of nitrogen functional groups attached to an aromatic ring is 1. The Hall–Kier alpha value is -7.72. The van der Waals surface area contributed by atoms with Gasteiger partial charge >= 0.3 is 24.1 Å². The van der Waals surface area contributed by atoms with Crippen molar-refractivity contribution in [2.45, 2.75) is 38.9 Å². The van der Waals surface area contributed by atoms with Gasteiger partial charge in [0.25, 0.3) is 11.8 Å². The van der Waals surface area contributed by atoms with E-state index in [9.17, 15) is 37.5 Å². The van der Waals surface area contributed by atoms with Crippen LogP contribution in [-0.2, 0) is 33.5 Å². The largest absolute Gasteiger partial charge is 0.452 e. The van der Waals surface area contributed by atoms with Crippen LogP contribution in [0.25, 0.3) is 0 Å². The minimum Gasteiger partial charge on any atom is -0.452 e. The fourth-order valence-corrected chi connectivity index (χ4v) is 8.05. The van der Waals surface area contributed by atoms with Crippen LogP contribution in [0.15, 0.2) is 84.9 Å². The van der Waals surface area contributed by atoms with E-state index >= 15 is 0 Å². The zero-order chi connectivity index (χ0) is 49.9. The molecule has 4 fully saturated rings. The quantitative estimate of drug-likeness (QED) is 0.0548. The standard InChI is InChI=1S/C24H27FN4O7.C24H27FN4O5.H2/c1-2-18-14-29(24(32)34-18)17-5-8-21(20(25)13-17)27-9-11-28(12-10-27)22(30)15-33-23(31)16-3-6-19(7-4-16)35-36-26;1-2-19-14-29(24(32)34-19)18-7-8-21(20(25)13-18)27-9-11-28(12-10-27)22(30)15-33-23(31)16-3-5-17(26)6-4-16;/h3-8,13,18H,2,9-12,14-15,26H2,1H3;3-8,13,19H,2,9-12,14-15,26H2,1H3;1H/t18-;19-;/m00./s1. The third-order valence-electron chi connectivity index (χ3n) is 12.1. The van der Waals surface area contributed by atoms with Gasteiger partial charge in [0.2, 0.25) is 0 Å². The third-order valence-corrected chi connectivity index (χ3v) is 12.1. The summed E-state index contributed by atoms with van der Waals surface area (Å²) in [5, 5.41) is 0. The first-order valence-corrected chi connectivity index (χ1v) is 22.7. The summed E-state index contributed by atoms with van der Waals surface area (Å²) in [5.74, 6) is 2.31. The summed E-state index contributed by atoms with van der Waals surface area (Å²) < 4.78 is 50.5. The first-order chi connectivity index (χ1) is 33.7. The van der Waals surface area contributed by atoms with Gasteiger partial charge in [-0.25, -0.2) is 28.0 Å². The van der Waals surface area contributed by atoms with Gasteiger partial charge in [0, 0.05) is 59.5 Å². The summed E-state index contributed by atoms with van der Waals surface area (Å²) in [7, 11) is 0. The molecule has 0 radical (unpaired) electrons. The highest BCUT2D eigenvalue weighted by molar-refractivity contribution is 5.93. The van der Waals surface area contributed by atoms with Crippen LogP contribution in [0.4, 0.5) is 46.8 Å². The smallest absolute Gasteiger partial charge is 0.414 e. The lowest BCUT2D eigenvalue weighted by molar-refractivity contribution is -0.211. The summed E-state index contributed by atoms with van der Waals surface area (Å²) in [4.78, 5) is 91.7. The van der Waals surface area contributed by atoms with Crippen molar-refractivity contribution in [3.05, 3.63) is 108 Å². The Labute approximate surface area is 403 Å². The fraction of sp³-hybridized carbons (Fsp3) is 0.375. The van der Waals surface area contributed by atoms with Gasteiger partial charge in [-0.05, 0) is 97.8 Å². The molecule has 22 heteroatoms. The molecule has 20 nitrogen and oxygen atoms in total. The number of ether oxygens (including phenoxy) is 4. The molecule has 4 aliphatic rings. The number of carbonyl (C=O) groups excluding carboxylic acids is 6. The molecule has 4 saturated heterocycles. The highest BCUT2D eigenvalue weighted by Gasteiger charge is 2.34. The molecule has 4 aromatic carbocycles. The monoisotopic (exact) mass is 974 g/mol. The van der Waals surface area contributed by atoms with Crippen LogP contribution in [-0.4, -0.2) is 137 Å². The van der Waals surface area contributed by atoms with E-state index in [2.05, 4.69) is 9.88 Å². The van der Waals surface area contributed by atoms with Gasteiger partial charge in [-0.15, -0.1) is 0 Å². The molecule has 4 amide bonds.